The van der Waals surface area contributed by atoms with Crippen LogP contribution < -0.4 is 5.32 Å². The summed E-state index contributed by atoms with van der Waals surface area (Å²) in [4.78, 5) is 4.73. The van der Waals surface area contributed by atoms with Crippen LogP contribution in [0.1, 0.15) is 57.2 Å². The minimum Gasteiger partial charge on any atom is -0.309 e. The van der Waals surface area contributed by atoms with Crippen molar-refractivity contribution in [3.8, 4) is 0 Å². The highest BCUT2D eigenvalue weighted by atomic mass is 14.9. The van der Waals surface area contributed by atoms with Crippen molar-refractivity contribution in [2.24, 2.45) is 5.92 Å². The molecule has 112 valence electrons. The molecule has 3 rings (SSSR count). The maximum absolute atomic E-state index is 4.73. The van der Waals surface area contributed by atoms with E-state index in [2.05, 4.69) is 42.6 Å². The van der Waals surface area contributed by atoms with Gasteiger partial charge in [-0.15, -0.1) is 0 Å². The summed E-state index contributed by atoms with van der Waals surface area (Å²) in [7, 11) is 0. The topological polar surface area (TPSA) is 24.9 Å². The van der Waals surface area contributed by atoms with Gasteiger partial charge in [0.25, 0.3) is 0 Å². The van der Waals surface area contributed by atoms with Crippen molar-refractivity contribution in [1.29, 1.82) is 0 Å². The van der Waals surface area contributed by atoms with Crippen LogP contribution in [0.25, 0.3) is 10.8 Å². The van der Waals surface area contributed by atoms with Crippen molar-refractivity contribution in [2.75, 3.05) is 6.54 Å². The first kappa shape index (κ1) is 14.5. The summed E-state index contributed by atoms with van der Waals surface area (Å²) in [6.07, 6.45) is 10.2. The lowest BCUT2D eigenvalue weighted by Gasteiger charge is -2.27. The third kappa shape index (κ3) is 3.44. The van der Waals surface area contributed by atoms with E-state index in [-0.39, 0.29) is 0 Å². The molecule has 21 heavy (non-hydrogen) atoms. The minimum atomic E-state index is 0.393. The summed E-state index contributed by atoms with van der Waals surface area (Å²) in [5, 5.41) is 6.28. The molecule has 1 N–H and O–H groups in total. The number of rotatable bonds is 5. The molecule has 1 aliphatic rings. The highest BCUT2D eigenvalue weighted by Gasteiger charge is 2.21. The molecule has 0 spiro atoms. The first-order valence-corrected chi connectivity index (χ1v) is 8.45. The summed E-state index contributed by atoms with van der Waals surface area (Å²) in [6, 6.07) is 11.1. The summed E-state index contributed by atoms with van der Waals surface area (Å²) in [5.41, 5.74) is 1.24. The molecule has 1 aromatic carbocycles. The highest BCUT2D eigenvalue weighted by molar-refractivity contribution is 5.84. The first-order chi connectivity index (χ1) is 10.4. The van der Waals surface area contributed by atoms with E-state index >= 15 is 0 Å². The highest BCUT2D eigenvalue weighted by Crippen LogP contribution is 2.33. The standard InChI is InChI=1S/C19H26N2/c1-2-20-18(14-15-8-4-3-5-9-15)19-17-11-7-6-10-16(17)12-13-21-19/h6-7,10-13,15,18,20H,2-5,8-9,14H2,1H3. The van der Waals surface area contributed by atoms with Gasteiger partial charge in [-0.25, -0.2) is 0 Å². The van der Waals surface area contributed by atoms with E-state index in [0.717, 1.165) is 12.5 Å². The SMILES string of the molecule is CCNC(CC1CCCCC1)c1nccc2ccccc12. The molecular formula is C19H26N2. The third-order valence-corrected chi connectivity index (χ3v) is 4.78. The van der Waals surface area contributed by atoms with E-state index in [1.807, 2.05) is 6.20 Å². The van der Waals surface area contributed by atoms with Crippen molar-refractivity contribution in [1.82, 2.24) is 10.3 Å². The molecule has 0 radical (unpaired) electrons. The second kappa shape index (κ2) is 7.04. The smallest absolute Gasteiger partial charge is 0.0651 e. The molecule has 2 heteroatoms. The number of nitrogens with one attached hydrogen (secondary N) is 1. The Hall–Kier alpha value is -1.41. The Morgan fingerprint density at radius 1 is 1.14 bits per heavy atom. The van der Waals surface area contributed by atoms with Crippen LogP contribution in [0.2, 0.25) is 0 Å². The van der Waals surface area contributed by atoms with Crippen molar-refractivity contribution >= 4 is 10.8 Å². The van der Waals surface area contributed by atoms with Gasteiger partial charge in [-0.1, -0.05) is 63.3 Å². The zero-order valence-corrected chi connectivity index (χ0v) is 13.0. The fraction of sp³-hybridized carbons (Fsp3) is 0.526. The molecule has 2 aromatic rings. The first-order valence-electron chi connectivity index (χ1n) is 8.45. The Labute approximate surface area is 128 Å². The Bertz CT molecular complexity index is 567. The van der Waals surface area contributed by atoms with Crippen molar-refractivity contribution in [3.05, 3.63) is 42.2 Å². The lowest BCUT2D eigenvalue weighted by atomic mass is 9.83. The second-order valence-corrected chi connectivity index (χ2v) is 6.27. The number of nitrogens with zero attached hydrogens (tertiary/aromatic N) is 1. The number of fused-ring (bicyclic) bond motifs is 1. The quantitative estimate of drug-likeness (QED) is 0.847. The molecule has 0 bridgehead atoms. The van der Waals surface area contributed by atoms with Gasteiger partial charge in [0.2, 0.25) is 0 Å². The Morgan fingerprint density at radius 3 is 2.76 bits per heavy atom. The maximum Gasteiger partial charge on any atom is 0.0651 e. The number of hydrogen-bond donors (Lipinski definition) is 1. The van der Waals surface area contributed by atoms with E-state index in [9.17, 15) is 0 Å². The molecule has 0 saturated heterocycles. The van der Waals surface area contributed by atoms with Gasteiger partial charge >= 0.3 is 0 Å². The summed E-state index contributed by atoms with van der Waals surface area (Å²) in [6.45, 7) is 3.20. The molecule has 1 fully saturated rings. The second-order valence-electron chi connectivity index (χ2n) is 6.27. The number of benzene rings is 1. The van der Waals surface area contributed by atoms with Crippen LogP contribution in [-0.4, -0.2) is 11.5 Å². The van der Waals surface area contributed by atoms with Crippen LogP contribution in [-0.2, 0) is 0 Å². The average molecular weight is 282 g/mol. The lowest BCUT2D eigenvalue weighted by molar-refractivity contribution is 0.300. The van der Waals surface area contributed by atoms with Crippen LogP contribution >= 0.6 is 0 Å². The molecule has 1 aliphatic carbocycles. The Morgan fingerprint density at radius 2 is 1.95 bits per heavy atom. The van der Waals surface area contributed by atoms with Gasteiger partial charge in [-0.3, -0.25) is 4.98 Å². The van der Waals surface area contributed by atoms with Crippen LogP contribution in [0.3, 0.4) is 0 Å². The fourth-order valence-electron chi connectivity index (χ4n) is 3.71. The van der Waals surface area contributed by atoms with Crippen LogP contribution in [0.4, 0.5) is 0 Å². The summed E-state index contributed by atoms with van der Waals surface area (Å²) >= 11 is 0. The van der Waals surface area contributed by atoms with Crippen LogP contribution in [0.5, 0.6) is 0 Å². The normalized spacial score (nSPS) is 18.0. The number of hydrogen-bond acceptors (Lipinski definition) is 2. The third-order valence-electron chi connectivity index (χ3n) is 4.78. The van der Waals surface area contributed by atoms with E-state index in [1.165, 1.54) is 55.0 Å². The van der Waals surface area contributed by atoms with Gasteiger partial charge in [0.1, 0.15) is 0 Å². The predicted octanol–water partition coefficient (Wildman–Crippen LogP) is 4.86. The van der Waals surface area contributed by atoms with Gasteiger partial charge in [0, 0.05) is 11.6 Å². The zero-order valence-electron chi connectivity index (χ0n) is 13.0. The Balaban J connectivity index is 1.87. The van der Waals surface area contributed by atoms with E-state index in [1.54, 1.807) is 0 Å². The number of pyridine rings is 1. The van der Waals surface area contributed by atoms with Crippen LogP contribution in [0.15, 0.2) is 36.5 Å². The minimum absolute atomic E-state index is 0.393. The van der Waals surface area contributed by atoms with Gasteiger partial charge in [0.15, 0.2) is 0 Å². The zero-order chi connectivity index (χ0) is 14.5. The van der Waals surface area contributed by atoms with E-state index in [0.29, 0.717) is 6.04 Å². The van der Waals surface area contributed by atoms with Gasteiger partial charge in [-0.2, -0.15) is 0 Å². The molecular weight excluding hydrogens is 256 g/mol. The lowest BCUT2D eigenvalue weighted by Crippen LogP contribution is -2.25. The Kier molecular flexibility index (Phi) is 4.87. The maximum atomic E-state index is 4.73. The summed E-state index contributed by atoms with van der Waals surface area (Å²) < 4.78 is 0. The number of aromatic nitrogens is 1. The monoisotopic (exact) mass is 282 g/mol. The largest absolute Gasteiger partial charge is 0.309 e. The van der Waals surface area contributed by atoms with E-state index in [4.69, 9.17) is 4.98 Å². The van der Waals surface area contributed by atoms with Gasteiger partial charge in [-0.05, 0) is 30.3 Å². The molecule has 1 aromatic heterocycles. The molecule has 1 heterocycles. The van der Waals surface area contributed by atoms with Gasteiger partial charge in [0.05, 0.1) is 11.7 Å². The van der Waals surface area contributed by atoms with Crippen molar-refractivity contribution < 1.29 is 0 Å². The molecule has 1 unspecified atom stereocenters. The fourth-order valence-corrected chi connectivity index (χ4v) is 3.71. The average Bonchev–Trinajstić information content (AvgIpc) is 2.55. The molecule has 0 amide bonds. The molecule has 1 atom stereocenters. The van der Waals surface area contributed by atoms with Gasteiger partial charge < -0.3 is 5.32 Å². The molecule has 2 nitrogen and oxygen atoms in total. The molecule has 0 aliphatic heterocycles. The predicted molar refractivity (Wildman–Crippen MR) is 89.4 cm³/mol. The van der Waals surface area contributed by atoms with Crippen molar-refractivity contribution in [3.63, 3.8) is 0 Å². The summed E-state index contributed by atoms with van der Waals surface area (Å²) in [5.74, 6) is 0.864. The van der Waals surface area contributed by atoms with Crippen LogP contribution in [0, 0.1) is 5.92 Å². The van der Waals surface area contributed by atoms with E-state index < -0.39 is 0 Å². The molecule has 1 saturated carbocycles. The van der Waals surface area contributed by atoms with Crippen molar-refractivity contribution in [2.45, 2.75) is 51.5 Å².